The first kappa shape index (κ1) is 9.82. The van der Waals surface area contributed by atoms with Crippen molar-refractivity contribution >= 4 is 6.21 Å². The van der Waals surface area contributed by atoms with Crippen molar-refractivity contribution in [2.24, 2.45) is 4.99 Å². The SMILES string of the molecule is C1=CC([C]2CCCCC2)(c2cc[nH]n2)N=C1. The summed E-state index contributed by atoms with van der Waals surface area (Å²) in [6, 6.07) is 2.04. The number of aromatic nitrogens is 2. The average Bonchev–Trinajstić information content (AvgIpc) is 3.02. The fourth-order valence-corrected chi connectivity index (χ4v) is 2.76. The fourth-order valence-electron chi connectivity index (χ4n) is 2.76. The maximum Gasteiger partial charge on any atom is 0.129 e. The molecule has 3 rings (SSSR count). The van der Waals surface area contributed by atoms with Gasteiger partial charge < -0.3 is 0 Å². The van der Waals surface area contributed by atoms with Gasteiger partial charge in [-0.25, -0.2) is 0 Å². The van der Waals surface area contributed by atoms with Crippen molar-refractivity contribution in [2.45, 2.75) is 37.6 Å². The molecular weight excluding hydrogens is 198 g/mol. The molecule has 1 fully saturated rings. The van der Waals surface area contributed by atoms with Crippen LogP contribution >= 0.6 is 0 Å². The van der Waals surface area contributed by atoms with Gasteiger partial charge in [0.1, 0.15) is 5.54 Å². The smallest absolute Gasteiger partial charge is 0.129 e. The summed E-state index contributed by atoms with van der Waals surface area (Å²) in [7, 11) is 0. The topological polar surface area (TPSA) is 41.0 Å². The molecule has 1 aliphatic heterocycles. The van der Waals surface area contributed by atoms with Crippen molar-refractivity contribution < 1.29 is 0 Å². The van der Waals surface area contributed by atoms with E-state index in [0.29, 0.717) is 0 Å². The quantitative estimate of drug-likeness (QED) is 0.808. The van der Waals surface area contributed by atoms with Gasteiger partial charge in [-0.3, -0.25) is 10.1 Å². The van der Waals surface area contributed by atoms with E-state index in [0.717, 1.165) is 5.69 Å². The highest BCUT2D eigenvalue weighted by atomic mass is 15.1. The first-order valence-corrected chi connectivity index (χ1v) is 6.00. The lowest BCUT2D eigenvalue weighted by atomic mass is 9.73. The number of hydrogen-bond donors (Lipinski definition) is 1. The number of H-pyrrole nitrogens is 1. The molecule has 2 aliphatic rings. The predicted octanol–water partition coefficient (Wildman–Crippen LogP) is 2.78. The minimum Gasteiger partial charge on any atom is -0.285 e. The maximum absolute atomic E-state index is 4.68. The maximum atomic E-state index is 4.68. The second-order valence-corrected chi connectivity index (χ2v) is 4.53. The van der Waals surface area contributed by atoms with Crippen LogP contribution in [0, 0.1) is 5.92 Å². The van der Waals surface area contributed by atoms with Crippen molar-refractivity contribution in [3.63, 3.8) is 0 Å². The van der Waals surface area contributed by atoms with E-state index in [4.69, 9.17) is 0 Å². The molecule has 2 heterocycles. The van der Waals surface area contributed by atoms with Crippen LogP contribution in [0.5, 0.6) is 0 Å². The van der Waals surface area contributed by atoms with E-state index in [9.17, 15) is 0 Å². The summed E-state index contributed by atoms with van der Waals surface area (Å²) in [5.74, 6) is 1.52. The number of rotatable bonds is 2. The Morgan fingerprint density at radius 3 is 2.69 bits per heavy atom. The number of aromatic amines is 1. The Labute approximate surface area is 95.7 Å². The lowest BCUT2D eigenvalue weighted by Gasteiger charge is -2.34. The standard InChI is InChI=1S/C13H16N3/c1-2-5-11(6-3-1)13(8-4-9-14-13)12-7-10-15-16-12/h4,7-10H,1-3,5-6H2,(H,15,16). The number of nitrogens with zero attached hydrogens (tertiary/aromatic N) is 2. The molecule has 0 amide bonds. The van der Waals surface area contributed by atoms with Crippen LogP contribution in [-0.4, -0.2) is 16.4 Å². The second kappa shape index (κ2) is 3.89. The molecule has 1 aliphatic carbocycles. The van der Waals surface area contributed by atoms with Crippen LogP contribution < -0.4 is 0 Å². The zero-order valence-electron chi connectivity index (χ0n) is 9.32. The molecular formula is C13H16N3. The van der Waals surface area contributed by atoms with Crippen molar-refractivity contribution in [1.29, 1.82) is 0 Å². The van der Waals surface area contributed by atoms with Crippen LogP contribution in [0.1, 0.15) is 37.8 Å². The molecule has 3 nitrogen and oxygen atoms in total. The van der Waals surface area contributed by atoms with Crippen LogP contribution in [0.3, 0.4) is 0 Å². The Bertz CT molecular complexity index is 385. The van der Waals surface area contributed by atoms with Crippen LogP contribution in [0.25, 0.3) is 0 Å². The zero-order valence-corrected chi connectivity index (χ0v) is 9.32. The molecule has 16 heavy (non-hydrogen) atoms. The fraction of sp³-hybridized carbons (Fsp3) is 0.462. The van der Waals surface area contributed by atoms with Gasteiger partial charge in [0.15, 0.2) is 0 Å². The van der Waals surface area contributed by atoms with Gasteiger partial charge >= 0.3 is 0 Å². The summed E-state index contributed by atoms with van der Waals surface area (Å²) in [6.45, 7) is 0. The van der Waals surface area contributed by atoms with Crippen molar-refractivity contribution in [1.82, 2.24) is 10.2 Å². The molecule has 83 valence electrons. The van der Waals surface area contributed by atoms with Gasteiger partial charge in [-0.1, -0.05) is 19.3 Å². The van der Waals surface area contributed by atoms with Crippen LogP contribution in [0.2, 0.25) is 0 Å². The highest BCUT2D eigenvalue weighted by Crippen LogP contribution is 2.45. The molecule has 0 aromatic carbocycles. The molecule has 1 aromatic rings. The highest BCUT2D eigenvalue weighted by Gasteiger charge is 2.41. The lowest BCUT2D eigenvalue weighted by molar-refractivity contribution is 0.423. The van der Waals surface area contributed by atoms with Gasteiger partial charge in [-0.2, -0.15) is 5.10 Å². The van der Waals surface area contributed by atoms with Crippen LogP contribution in [0.4, 0.5) is 0 Å². The third kappa shape index (κ3) is 1.42. The van der Waals surface area contributed by atoms with E-state index >= 15 is 0 Å². The van der Waals surface area contributed by atoms with Crippen LogP contribution in [-0.2, 0) is 5.54 Å². The van der Waals surface area contributed by atoms with Gasteiger partial charge in [0.05, 0.1) is 5.69 Å². The Morgan fingerprint density at radius 1 is 1.19 bits per heavy atom. The van der Waals surface area contributed by atoms with Crippen molar-refractivity contribution in [2.75, 3.05) is 0 Å². The van der Waals surface area contributed by atoms with Crippen molar-refractivity contribution in [3.8, 4) is 0 Å². The van der Waals surface area contributed by atoms with E-state index in [-0.39, 0.29) is 5.54 Å². The Balaban J connectivity index is 1.97. The van der Waals surface area contributed by atoms with Gasteiger partial charge in [-0.05, 0) is 31.1 Å². The molecule has 0 bridgehead atoms. The van der Waals surface area contributed by atoms with E-state index in [2.05, 4.69) is 21.3 Å². The summed E-state index contributed by atoms with van der Waals surface area (Å²) >= 11 is 0. The van der Waals surface area contributed by atoms with Crippen molar-refractivity contribution in [3.05, 3.63) is 36.0 Å². The number of nitrogens with one attached hydrogen (secondary N) is 1. The third-order valence-electron chi connectivity index (χ3n) is 3.59. The molecule has 1 radical (unpaired) electrons. The van der Waals surface area contributed by atoms with Gasteiger partial charge in [-0.15, -0.1) is 0 Å². The summed E-state index contributed by atoms with van der Waals surface area (Å²) < 4.78 is 0. The molecule has 0 saturated heterocycles. The largest absolute Gasteiger partial charge is 0.285 e. The normalized spacial score (nSPS) is 30.0. The molecule has 3 heteroatoms. The predicted molar refractivity (Wildman–Crippen MR) is 64.2 cm³/mol. The molecule has 0 spiro atoms. The Hall–Kier alpha value is -1.38. The molecule has 1 atom stereocenters. The zero-order chi connectivity index (χ0) is 10.8. The van der Waals surface area contributed by atoms with Gasteiger partial charge in [0.2, 0.25) is 0 Å². The summed E-state index contributed by atoms with van der Waals surface area (Å²) in [5, 5.41) is 7.23. The number of hydrogen-bond acceptors (Lipinski definition) is 2. The average molecular weight is 214 g/mol. The van der Waals surface area contributed by atoms with Gasteiger partial charge in [0, 0.05) is 18.3 Å². The van der Waals surface area contributed by atoms with E-state index in [1.54, 1.807) is 0 Å². The lowest BCUT2D eigenvalue weighted by Crippen LogP contribution is -2.30. The van der Waals surface area contributed by atoms with E-state index in [1.807, 2.05) is 24.6 Å². The van der Waals surface area contributed by atoms with E-state index in [1.165, 1.54) is 38.0 Å². The minimum absolute atomic E-state index is 0.250. The summed E-state index contributed by atoms with van der Waals surface area (Å²) in [4.78, 5) is 4.68. The first-order valence-electron chi connectivity index (χ1n) is 6.00. The molecule has 1 aromatic heterocycles. The highest BCUT2D eigenvalue weighted by molar-refractivity contribution is 5.76. The number of aliphatic imine (C=N–C) groups is 1. The van der Waals surface area contributed by atoms with Crippen LogP contribution in [0.15, 0.2) is 29.4 Å². The van der Waals surface area contributed by atoms with E-state index < -0.39 is 0 Å². The monoisotopic (exact) mass is 214 g/mol. The Morgan fingerprint density at radius 2 is 2.06 bits per heavy atom. The number of allylic oxidation sites excluding steroid dienone is 1. The summed E-state index contributed by atoms with van der Waals surface area (Å²) in [5.41, 5.74) is 0.787. The minimum atomic E-state index is -0.250. The molecule has 1 N–H and O–H groups in total. The molecule has 1 saturated carbocycles. The first-order chi connectivity index (χ1) is 7.92. The Kier molecular flexibility index (Phi) is 2.39. The third-order valence-corrected chi connectivity index (χ3v) is 3.59. The molecule has 1 unspecified atom stereocenters. The van der Waals surface area contributed by atoms with Gasteiger partial charge in [0.25, 0.3) is 0 Å². The summed E-state index contributed by atoms with van der Waals surface area (Å²) in [6.07, 6.45) is 14.3. The second-order valence-electron chi connectivity index (χ2n) is 4.53.